The molecule has 104 heavy (non-hydrogen) atoms. The minimum Gasteiger partial charge on any atom is -0.545 e. The predicted octanol–water partition coefficient (Wildman–Crippen LogP) is 6.89. The molecule has 26 nitrogen and oxygen atoms in total. The number of hydrogen-bond acceptors (Lipinski definition) is 18. The van der Waals surface area contributed by atoms with Gasteiger partial charge in [-0.3, -0.25) is 38.5 Å². The molecule has 2 saturated heterocycles. The van der Waals surface area contributed by atoms with Crippen LogP contribution in [0.3, 0.4) is 0 Å². The molecule has 564 valence electrons. The van der Waals surface area contributed by atoms with E-state index in [1.165, 1.54) is 31.7 Å². The third-order valence-corrected chi connectivity index (χ3v) is 24.2. The van der Waals surface area contributed by atoms with Gasteiger partial charge in [-0.1, -0.05) is 81.7 Å². The van der Waals surface area contributed by atoms with Crippen LogP contribution >= 0.6 is 0 Å². The van der Waals surface area contributed by atoms with Gasteiger partial charge in [0.15, 0.2) is 11.6 Å². The summed E-state index contributed by atoms with van der Waals surface area (Å²) < 4.78 is 108. The fourth-order valence-electron chi connectivity index (χ4n) is 14.7. The number of amides is 8. The zero-order valence-corrected chi connectivity index (χ0v) is 63.2. The number of allylic oxidation sites excluding steroid dienone is 4. The Bertz CT molecular complexity index is 3700. The summed E-state index contributed by atoms with van der Waals surface area (Å²) in [7, 11) is -7.88. The summed E-state index contributed by atoms with van der Waals surface area (Å²) in [5, 5.41) is 4.05. The van der Waals surface area contributed by atoms with Gasteiger partial charge in [-0.05, 0) is 154 Å². The molecule has 0 bridgehead atoms. The molecule has 2 aromatic rings. The van der Waals surface area contributed by atoms with E-state index in [1.54, 1.807) is 65.8 Å². The van der Waals surface area contributed by atoms with Crippen molar-refractivity contribution in [3.8, 4) is 0 Å². The van der Waals surface area contributed by atoms with Gasteiger partial charge in [-0.25, -0.2) is 44.8 Å². The van der Waals surface area contributed by atoms with E-state index in [9.17, 15) is 73.6 Å². The van der Waals surface area contributed by atoms with Gasteiger partial charge in [0.25, 0.3) is 0 Å². The normalized spacial score (nSPS) is 28.5. The van der Waals surface area contributed by atoms with Crippen LogP contribution in [0.1, 0.15) is 200 Å². The van der Waals surface area contributed by atoms with Gasteiger partial charge in [0.2, 0.25) is 27.7 Å². The summed E-state index contributed by atoms with van der Waals surface area (Å²) in [6, 6.07) is 4.89. The summed E-state index contributed by atoms with van der Waals surface area (Å²) in [5.41, 5.74) is -2.22. The van der Waals surface area contributed by atoms with E-state index in [2.05, 4.69) is 20.1 Å². The number of ether oxygens (including phenoxy) is 4. The van der Waals surface area contributed by atoms with Crippen LogP contribution in [0, 0.1) is 34.3 Å². The van der Waals surface area contributed by atoms with Crippen molar-refractivity contribution in [2.75, 3.05) is 13.1 Å². The third-order valence-electron chi connectivity index (χ3n) is 20.7. The first-order valence-corrected chi connectivity index (χ1v) is 38.7. The van der Waals surface area contributed by atoms with E-state index >= 15 is 0 Å². The number of nitrogens with one attached hydrogen (secondary N) is 3. The van der Waals surface area contributed by atoms with Crippen LogP contribution < -0.4 is 44.9 Å². The Morgan fingerprint density at radius 1 is 0.567 bits per heavy atom. The number of fused-ring (bicyclic) bond motifs is 6. The number of carbonyl (C=O) groups is 10. The van der Waals surface area contributed by atoms with E-state index in [-0.39, 0.29) is 134 Å². The van der Waals surface area contributed by atoms with Crippen LogP contribution in [0.15, 0.2) is 60.7 Å². The second-order valence-electron chi connectivity index (χ2n) is 31.0. The molecule has 10 atom stereocenters. The minimum absolute atomic E-state index is 0. The van der Waals surface area contributed by atoms with Crippen LogP contribution in [0.4, 0.5) is 28.0 Å². The van der Waals surface area contributed by atoms with Crippen molar-refractivity contribution in [1.29, 1.82) is 0 Å². The van der Waals surface area contributed by atoms with Crippen LogP contribution in [0.2, 0.25) is 0 Å². The maximum atomic E-state index is 14.4. The molecule has 0 spiro atoms. The van der Waals surface area contributed by atoms with Crippen molar-refractivity contribution in [3.63, 3.8) is 0 Å². The maximum absolute atomic E-state index is 14.4. The van der Waals surface area contributed by atoms with Gasteiger partial charge in [0.05, 0.1) is 64.9 Å². The summed E-state index contributed by atoms with van der Waals surface area (Å²) in [5.74, 6) is -5.28. The second-order valence-corrected chi connectivity index (χ2v) is 34.8. The van der Waals surface area contributed by atoms with Crippen LogP contribution in [0.5, 0.6) is 0 Å². The molecule has 10 aliphatic rings. The van der Waals surface area contributed by atoms with Gasteiger partial charge in [-0.15, -0.1) is 0 Å². The standard InChI is InChI=1S/2C36H47FN4O9S.CH4.Na/c2*1-35(2,3)50-33(45)38-28-13-8-6-4-5-7-11-23-17-36(23,32(44)39-51(47,48)25-14-15-25)18-30(42)29-16-24(20-41(29)31(28)43)49-34(46)40-19-22-10-9-12-27(37)26(22)21-40;;/h7,9-12,23-25,28-29H,4-6,8,13-21H2,1-3H3,(H,38,45)(H,39,44);7,9-12,23-25,28-29H,4-6,8,13-21H2,1-3H3,(H2,38,39,44,45);1H4;/q;;;+1/p-1/b2*11-7-;;/t2*23?,24-,28+,29+,36-;;/m11../s1. The number of hydrogen-bond donors (Lipinski definition) is 3. The number of ketones is 2. The van der Waals surface area contributed by atoms with Crippen LogP contribution in [-0.4, -0.2) is 167 Å². The summed E-state index contributed by atoms with van der Waals surface area (Å²) in [4.78, 5) is 142. The van der Waals surface area contributed by atoms with E-state index < -0.39 is 166 Å². The fraction of sp³-hybridized carbons (Fsp3) is 0.644. The summed E-state index contributed by atoms with van der Waals surface area (Å²) >= 11 is 0. The molecule has 2 aromatic carbocycles. The molecule has 12 rings (SSSR count). The molecule has 6 heterocycles. The van der Waals surface area contributed by atoms with E-state index in [4.69, 9.17) is 18.9 Å². The second kappa shape index (κ2) is 32.6. The monoisotopic (exact) mass is 1500 g/mol. The number of sulfonamides is 2. The number of nitrogens with zero attached hydrogens (tertiary/aromatic N) is 5. The number of halogens is 2. The predicted molar refractivity (Wildman–Crippen MR) is 370 cm³/mol. The maximum Gasteiger partial charge on any atom is 1.00 e. The third kappa shape index (κ3) is 19.6. The first kappa shape index (κ1) is 81.1. The van der Waals surface area contributed by atoms with Gasteiger partial charge in [-0.2, -0.15) is 0 Å². The fourth-order valence-corrected chi connectivity index (χ4v) is 17.3. The Kier molecular flexibility index (Phi) is 25.4. The summed E-state index contributed by atoms with van der Waals surface area (Å²) in [6.45, 7) is 10.2. The van der Waals surface area contributed by atoms with Crippen molar-refractivity contribution in [3.05, 3.63) is 99.3 Å². The van der Waals surface area contributed by atoms with Gasteiger partial charge in [0, 0.05) is 60.6 Å². The SMILES string of the molecule is C.CC(C)(C)OC(=O)N[C@H]1CCCCC/C=C\C2C[C@@]2(C(=O)NS(=O)(=O)C2CC2)CC(=O)[C@@H]2C[C@@H](OC(=O)N3Cc4cccc(F)c4C3)CN2C1=O.CC(C)(C)OC(=O)N[C@H]1CCCCC/C=C\C2C[C@@]2(C(=O)[N-]S(=O)(=O)C2CC2)CC(=O)[C@@H]2C[C@@H](OC(=O)N3Cc4cccc(F)c4C3)CN2C1=O.[Na+]. The Balaban J connectivity index is 0.000000237. The topological polar surface area (TPSA) is 339 Å². The average molecular weight is 1500 g/mol. The summed E-state index contributed by atoms with van der Waals surface area (Å²) in [6.07, 6.45) is 10.3. The Labute approximate surface area is 629 Å². The van der Waals surface area contributed by atoms with Crippen molar-refractivity contribution >= 4 is 79.6 Å². The molecule has 4 saturated carbocycles. The number of benzene rings is 2. The smallest absolute Gasteiger partial charge is 0.545 e. The van der Waals surface area contributed by atoms with Crippen LogP contribution in [-0.2, 0) is 93.9 Å². The first-order chi connectivity index (χ1) is 48.1. The van der Waals surface area contributed by atoms with Crippen molar-refractivity contribution in [1.82, 2.24) is 35.0 Å². The van der Waals surface area contributed by atoms with Crippen molar-refractivity contribution < 1.29 is 122 Å². The number of rotatable bonds is 10. The molecule has 2 unspecified atom stereocenters. The number of carbonyl (C=O) groups excluding carboxylic acids is 10. The molecular formula is C73H97F2N8NaO18S2. The van der Waals surface area contributed by atoms with Crippen molar-refractivity contribution in [2.45, 2.75) is 262 Å². The molecule has 3 N–H and O–H groups in total. The van der Waals surface area contributed by atoms with Crippen molar-refractivity contribution in [2.24, 2.45) is 22.7 Å². The molecule has 0 radical (unpaired) electrons. The van der Waals surface area contributed by atoms with Crippen LogP contribution in [0.25, 0.3) is 4.72 Å². The zero-order valence-electron chi connectivity index (χ0n) is 59.6. The Morgan fingerprint density at radius 3 is 1.41 bits per heavy atom. The van der Waals surface area contributed by atoms with Gasteiger partial charge >= 0.3 is 53.9 Å². The van der Waals surface area contributed by atoms with E-state index in [0.29, 0.717) is 73.6 Å². The molecule has 31 heteroatoms. The minimum atomic E-state index is -4.00. The van der Waals surface area contributed by atoms with Gasteiger partial charge in [0.1, 0.15) is 47.1 Å². The number of alkyl carbamates (subject to hydrolysis) is 2. The molecule has 0 aromatic heterocycles. The molecular weight excluding hydrogens is 1400 g/mol. The average Bonchev–Trinajstić information content (AvgIpc) is 1.58. The van der Waals surface area contributed by atoms with E-state index in [1.807, 2.05) is 24.3 Å². The number of Topliss-reactive ketones (excluding diaryl/α,β-unsaturated/α-hetero) is 2. The largest absolute Gasteiger partial charge is 1.00 e. The first-order valence-electron chi connectivity index (χ1n) is 35.6. The Hall–Kier alpha value is -7.02. The zero-order chi connectivity index (χ0) is 73.4. The quantitative estimate of drug-likeness (QED) is 0.124. The Morgan fingerprint density at radius 2 is 0.990 bits per heavy atom. The van der Waals surface area contributed by atoms with Gasteiger partial charge < -0.3 is 48.9 Å². The van der Waals surface area contributed by atoms with E-state index in [0.717, 1.165) is 25.7 Å². The molecule has 6 fully saturated rings. The molecule has 6 aliphatic heterocycles. The molecule has 8 amide bonds. The molecule has 4 aliphatic carbocycles.